The number of aromatic nitrogens is 1. The van der Waals surface area contributed by atoms with Crippen LogP contribution in [0.2, 0.25) is 0 Å². The van der Waals surface area contributed by atoms with E-state index in [0.717, 1.165) is 29.5 Å². The van der Waals surface area contributed by atoms with Crippen LogP contribution in [0.25, 0.3) is 10.8 Å². The molecule has 2 aromatic rings. The number of pyridine rings is 1. The first-order valence-electron chi connectivity index (χ1n) is 6.65. The number of benzene rings is 1. The lowest BCUT2D eigenvalue weighted by Crippen LogP contribution is -2.24. The summed E-state index contributed by atoms with van der Waals surface area (Å²) < 4.78 is 0. The average Bonchev–Trinajstić information content (AvgIpc) is 2.42. The third-order valence-electron chi connectivity index (χ3n) is 3.33. The number of nitrogens with two attached hydrogens (primary N) is 1. The van der Waals surface area contributed by atoms with Gasteiger partial charge in [-0.2, -0.15) is 0 Å². The van der Waals surface area contributed by atoms with Crippen LogP contribution < -0.4 is 10.6 Å². The van der Waals surface area contributed by atoms with Crippen LogP contribution in [-0.2, 0) is 0 Å². The van der Waals surface area contributed by atoms with Crippen molar-refractivity contribution in [3.63, 3.8) is 0 Å². The molecule has 2 N–H and O–H groups in total. The van der Waals surface area contributed by atoms with Crippen molar-refractivity contribution in [2.24, 2.45) is 0 Å². The molecule has 0 aliphatic heterocycles. The Bertz CT molecular complexity index is 522. The highest BCUT2D eigenvalue weighted by atomic mass is 15.1. The normalized spacial score (nSPS) is 10.8. The lowest BCUT2D eigenvalue weighted by atomic mass is 10.1. The van der Waals surface area contributed by atoms with Gasteiger partial charge in [0.25, 0.3) is 0 Å². The molecule has 3 heteroatoms. The molecule has 0 saturated carbocycles. The van der Waals surface area contributed by atoms with Crippen molar-refractivity contribution in [3.05, 3.63) is 30.6 Å². The zero-order chi connectivity index (χ0) is 13.0. The van der Waals surface area contributed by atoms with Crippen LogP contribution in [0, 0.1) is 0 Å². The number of rotatable bonds is 5. The summed E-state index contributed by atoms with van der Waals surface area (Å²) in [6.07, 6.45) is 6.13. The molecule has 1 heterocycles. The zero-order valence-corrected chi connectivity index (χ0v) is 11.2. The summed E-state index contributed by atoms with van der Waals surface area (Å²) in [4.78, 5) is 6.63. The first kappa shape index (κ1) is 12.7. The van der Waals surface area contributed by atoms with Crippen molar-refractivity contribution in [2.75, 3.05) is 23.7 Å². The van der Waals surface area contributed by atoms with Gasteiger partial charge in [-0.05, 0) is 31.5 Å². The number of nitrogens with zero attached hydrogens (tertiary/aromatic N) is 2. The molecule has 0 aliphatic rings. The maximum atomic E-state index is 6.02. The van der Waals surface area contributed by atoms with E-state index in [1.54, 1.807) is 6.20 Å². The molecule has 3 nitrogen and oxygen atoms in total. The molecule has 0 radical (unpaired) electrons. The van der Waals surface area contributed by atoms with Gasteiger partial charge in [0.15, 0.2) is 0 Å². The molecule has 0 amide bonds. The maximum absolute atomic E-state index is 6.02. The fraction of sp³-hybridized carbons (Fsp3) is 0.400. The van der Waals surface area contributed by atoms with Gasteiger partial charge in [-0.3, -0.25) is 4.98 Å². The molecule has 0 fully saturated rings. The van der Waals surface area contributed by atoms with Gasteiger partial charge in [0.1, 0.15) is 0 Å². The summed E-state index contributed by atoms with van der Waals surface area (Å²) in [6, 6.07) is 6.09. The van der Waals surface area contributed by atoms with Crippen molar-refractivity contribution in [2.45, 2.75) is 26.7 Å². The smallest absolute Gasteiger partial charge is 0.0462 e. The van der Waals surface area contributed by atoms with Gasteiger partial charge in [0.2, 0.25) is 0 Å². The largest absolute Gasteiger partial charge is 0.398 e. The van der Waals surface area contributed by atoms with Crippen LogP contribution >= 0.6 is 0 Å². The Hall–Kier alpha value is -1.77. The van der Waals surface area contributed by atoms with Crippen LogP contribution in [0.3, 0.4) is 0 Å². The van der Waals surface area contributed by atoms with E-state index in [2.05, 4.69) is 29.8 Å². The van der Waals surface area contributed by atoms with E-state index < -0.39 is 0 Å². The Morgan fingerprint density at radius 1 is 1.17 bits per heavy atom. The minimum Gasteiger partial charge on any atom is -0.398 e. The van der Waals surface area contributed by atoms with E-state index in [9.17, 15) is 0 Å². The summed E-state index contributed by atoms with van der Waals surface area (Å²) in [7, 11) is 0. The monoisotopic (exact) mass is 243 g/mol. The summed E-state index contributed by atoms with van der Waals surface area (Å²) in [5.41, 5.74) is 8.08. The second-order valence-corrected chi connectivity index (χ2v) is 4.53. The molecular weight excluding hydrogens is 222 g/mol. The first-order valence-corrected chi connectivity index (χ1v) is 6.65. The van der Waals surface area contributed by atoms with Gasteiger partial charge in [0.05, 0.1) is 0 Å². The minimum atomic E-state index is 0.822. The molecule has 0 unspecified atom stereocenters. The van der Waals surface area contributed by atoms with Crippen LogP contribution in [0.5, 0.6) is 0 Å². The summed E-state index contributed by atoms with van der Waals surface area (Å²) in [6.45, 7) is 6.50. The van der Waals surface area contributed by atoms with E-state index in [0.29, 0.717) is 0 Å². The minimum absolute atomic E-state index is 0.822. The third-order valence-corrected chi connectivity index (χ3v) is 3.33. The topological polar surface area (TPSA) is 42.1 Å². The van der Waals surface area contributed by atoms with Gasteiger partial charge in [-0.25, -0.2) is 0 Å². The summed E-state index contributed by atoms with van der Waals surface area (Å²) >= 11 is 0. The summed E-state index contributed by atoms with van der Waals surface area (Å²) in [5.74, 6) is 0. The molecule has 0 bridgehead atoms. The predicted molar refractivity (Wildman–Crippen MR) is 79.0 cm³/mol. The lowest BCUT2D eigenvalue weighted by Gasteiger charge is -2.24. The number of unbranched alkanes of at least 4 members (excludes halogenated alkanes) is 1. The number of nitrogen functional groups attached to an aromatic ring is 1. The zero-order valence-electron chi connectivity index (χ0n) is 11.2. The van der Waals surface area contributed by atoms with E-state index in [4.69, 9.17) is 5.73 Å². The molecule has 96 valence electrons. The fourth-order valence-corrected chi connectivity index (χ4v) is 2.27. The first-order chi connectivity index (χ1) is 8.77. The van der Waals surface area contributed by atoms with Crippen LogP contribution in [0.15, 0.2) is 30.6 Å². The second kappa shape index (κ2) is 5.71. The Morgan fingerprint density at radius 2 is 2.00 bits per heavy atom. The van der Waals surface area contributed by atoms with Crippen LogP contribution in [0.1, 0.15) is 26.7 Å². The SMILES string of the molecule is CCCCN(CC)c1ccc(N)c2ccncc12. The van der Waals surface area contributed by atoms with E-state index in [1.807, 2.05) is 18.3 Å². The molecule has 1 aromatic heterocycles. The van der Waals surface area contributed by atoms with Crippen molar-refractivity contribution in [1.82, 2.24) is 4.98 Å². The molecule has 1 aromatic carbocycles. The van der Waals surface area contributed by atoms with E-state index in [-0.39, 0.29) is 0 Å². The predicted octanol–water partition coefficient (Wildman–Crippen LogP) is 3.44. The second-order valence-electron chi connectivity index (χ2n) is 4.53. The fourth-order valence-electron chi connectivity index (χ4n) is 2.27. The highest BCUT2D eigenvalue weighted by Gasteiger charge is 2.09. The highest BCUT2D eigenvalue weighted by Crippen LogP contribution is 2.30. The third kappa shape index (κ3) is 2.40. The molecule has 0 saturated heterocycles. The lowest BCUT2D eigenvalue weighted by molar-refractivity contribution is 0.734. The maximum Gasteiger partial charge on any atom is 0.0462 e. The summed E-state index contributed by atoms with van der Waals surface area (Å²) in [5, 5.41) is 2.24. The Labute approximate surface area is 109 Å². The van der Waals surface area contributed by atoms with Crippen molar-refractivity contribution in [3.8, 4) is 0 Å². The molecular formula is C15H21N3. The van der Waals surface area contributed by atoms with Gasteiger partial charge in [-0.1, -0.05) is 13.3 Å². The quantitative estimate of drug-likeness (QED) is 0.818. The van der Waals surface area contributed by atoms with Crippen molar-refractivity contribution >= 4 is 22.1 Å². The number of hydrogen-bond donors (Lipinski definition) is 1. The van der Waals surface area contributed by atoms with Gasteiger partial charge in [0, 0.05) is 47.6 Å². The Morgan fingerprint density at radius 3 is 2.72 bits per heavy atom. The molecule has 2 rings (SSSR count). The molecule has 0 atom stereocenters. The molecule has 0 aliphatic carbocycles. The van der Waals surface area contributed by atoms with Crippen LogP contribution in [0.4, 0.5) is 11.4 Å². The molecule has 0 spiro atoms. The van der Waals surface area contributed by atoms with Crippen LogP contribution in [-0.4, -0.2) is 18.1 Å². The number of hydrogen-bond acceptors (Lipinski definition) is 3. The van der Waals surface area contributed by atoms with Crippen molar-refractivity contribution in [1.29, 1.82) is 0 Å². The molecule has 18 heavy (non-hydrogen) atoms. The standard InChI is InChI=1S/C15H21N3/c1-3-5-10-18(4-2)15-7-6-14(16)12-8-9-17-11-13(12)15/h6-9,11H,3-5,10,16H2,1-2H3. The van der Waals surface area contributed by atoms with Gasteiger partial charge in [-0.15, -0.1) is 0 Å². The van der Waals surface area contributed by atoms with E-state index in [1.165, 1.54) is 18.5 Å². The van der Waals surface area contributed by atoms with E-state index >= 15 is 0 Å². The number of anilines is 2. The average molecular weight is 243 g/mol. The van der Waals surface area contributed by atoms with Gasteiger partial charge >= 0.3 is 0 Å². The Balaban J connectivity index is 2.46. The number of fused-ring (bicyclic) bond motifs is 1. The van der Waals surface area contributed by atoms with Gasteiger partial charge < -0.3 is 10.6 Å². The highest BCUT2D eigenvalue weighted by molar-refractivity contribution is 6.00. The Kier molecular flexibility index (Phi) is 4.03. The van der Waals surface area contributed by atoms with Crippen molar-refractivity contribution < 1.29 is 0 Å².